The molecule has 1 aromatic rings. The van der Waals surface area contributed by atoms with Gasteiger partial charge < -0.3 is 5.11 Å². The zero-order valence-electron chi connectivity index (χ0n) is 11.9. The Morgan fingerprint density at radius 3 is 2.09 bits per heavy atom. The van der Waals surface area contributed by atoms with Crippen molar-refractivity contribution in [2.75, 3.05) is 4.90 Å². The zero-order chi connectivity index (χ0) is 16.5. The van der Waals surface area contributed by atoms with Crippen LogP contribution < -0.4 is 4.90 Å². The fraction of sp³-hybridized carbons (Fsp3) is 0.438. The van der Waals surface area contributed by atoms with Gasteiger partial charge in [0.1, 0.15) is 0 Å². The highest BCUT2D eigenvalue weighted by Crippen LogP contribution is 2.60. The predicted octanol–water partition coefficient (Wildman–Crippen LogP) is 2.67. The quantitative estimate of drug-likeness (QED) is 0.564. The number of hydrogen-bond donors (Lipinski definition) is 1. The second kappa shape index (κ2) is 5.14. The van der Waals surface area contributed by atoms with E-state index in [4.69, 9.17) is 0 Å². The lowest BCUT2D eigenvalue weighted by atomic mass is 9.81. The Labute approximate surface area is 149 Å². The standard InChI is InChI=1S/C16H13Br2NO4/c17-12-7-5-8(13(12)18)11-10(7)14(20)19(15(11)21)9-4-2-1-3-6(9)16(22)23/h1-4,7-8,10-13H,5H2,(H,22,23)/t7-,8+,10+,11-,12-,13+. The van der Waals surface area contributed by atoms with Gasteiger partial charge in [0.05, 0.1) is 23.1 Å². The van der Waals surface area contributed by atoms with Gasteiger partial charge in [0.15, 0.2) is 0 Å². The smallest absolute Gasteiger partial charge is 0.337 e. The molecule has 2 saturated carbocycles. The lowest BCUT2D eigenvalue weighted by molar-refractivity contribution is -0.123. The van der Waals surface area contributed by atoms with Crippen molar-refractivity contribution in [2.45, 2.75) is 16.1 Å². The Bertz CT molecular complexity index is 705. The van der Waals surface area contributed by atoms with Crippen LogP contribution in [-0.4, -0.2) is 32.5 Å². The number of carboxylic acid groups (broad SMARTS) is 1. The summed E-state index contributed by atoms with van der Waals surface area (Å²) in [6.45, 7) is 0. The topological polar surface area (TPSA) is 74.7 Å². The van der Waals surface area contributed by atoms with E-state index in [2.05, 4.69) is 31.9 Å². The first kappa shape index (κ1) is 15.3. The summed E-state index contributed by atoms with van der Waals surface area (Å²) in [5, 5.41) is 9.34. The molecule has 1 N–H and O–H groups in total. The number of carboxylic acids is 1. The molecule has 120 valence electrons. The molecule has 4 rings (SSSR count). The van der Waals surface area contributed by atoms with Crippen molar-refractivity contribution in [1.29, 1.82) is 0 Å². The number of carbonyl (C=O) groups excluding carboxylic acids is 2. The number of para-hydroxylation sites is 1. The van der Waals surface area contributed by atoms with E-state index in [-0.39, 0.29) is 56.4 Å². The van der Waals surface area contributed by atoms with Crippen LogP contribution in [0.3, 0.4) is 0 Å². The molecule has 5 nitrogen and oxygen atoms in total. The number of alkyl halides is 2. The minimum Gasteiger partial charge on any atom is -0.478 e. The van der Waals surface area contributed by atoms with Gasteiger partial charge in [0, 0.05) is 9.65 Å². The van der Waals surface area contributed by atoms with E-state index < -0.39 is 5.97 Å². The molecule has 0 unspecified atom stereocenters. The number of rotatable bonds is 2. The Balaban J connectivity index is 1.78. The maximum absolute atomic E-state index is 12.9. The molecule has 3 fully saturated rings. The van der Waals surface area contributed by atoms with Gasteiger partial charge in [-0.25, -0.2) is 9.69 Å². The number of fused-ring (bicyclic) bond motifs is 5. The van der Waals surface area contributed by atoms with E-state index in [0.717, 1.165) is 11.3 Å². The van der Waals surface area contributed by atoms with Crippen LogP contribution in [0.2, 0.25) is 0 Å². The first-order chi connectivity index (χ1) is 10.9. The van der Waals surface area contributed by atoms with Crippen molar-refractivity contribution in [3.63, 3.8) is 0 Å². The number of amides is 2. The van der Waals surface area contributed by atoms with Gasteiger partial charge in [-0.2, -0.15) is 0 Å². The molecule has 6 atom stereocenters. The zero-order valence-corrected chi connectivity index (χ0v) is 15.0. The molecule has 1 heterocycles. The molecular weight excluding hydrogens is 430 g/mol. The minimum absolute atomic E-state index is 0.0210. The van der Waals surface area contributed by atoms with Gasteiger partial charge in [0.2, 0.25) is 11.8 Å². The second-order valence-corrected chi connectivity index (χ2v) is 8.45. The Morgan fingerprint density at radius 1 is 1.04 bits per heavy atom. The largest absolute Gasteiger partial charge is 0.478 e. The number of imide groups is 1. The molecule has 1 aliphatic heterocycles. The Kier molecular flexibility index (Phi) is 3.43. The minimum atomic E-state index is -1.14. The fourth-order valence-electron chi connectivity index (χ4n) is 4.44. The van der Waals surface area contributed by atoms with Crippen molar-refractivity contribution in [3.05, 3.63) is 29.8 Å². The third-order valence-electron chi connectivity index (χ3n) is 5.36. The van der Waals surface area contributed by atoms with Crippen molar-refractivity contribution in [3.8, 4) is 0 Å². The van der Waals surface area contributed by atoms with E-state index in [1.807, 2.05) is 0 Å². The Morgan fingerprint density at radius 2 is 1.57 bits per heavy atom. The second-order valence-electron chi connectivity index (χ2n) is 6.34. The van der Waals surface area contributed by atoms with Crippen LogP contribution in [0.25, 0.3) is 0 Å². The summed E-state index contributed by atoms with van der Waals surface area (Å²) in [5.74, 6) is -2.10. The molecule has 0 radical (unpaired) electrons. The van der Waals surface area contributed by atoms with Crippen molar-refractivity contribution in [2.24, 2.45) is 23.7 Å². The number of aromatic carboxylic acids is 1. The van der Waals surface area contributed by atoms with Gasteiger partial charge in [-0.1, -0.05) is 44.0 Å². The van der Waals surface area contributed by atoms with Crippen molar-refractivity contribution < 1.29 is 19.5 Å². The molecule has 1 aromatic carbocycles. The van der Waals surface area contributed by atoms with E-state index >= 15 is 0 Å². The first-order valence-corrected chi connectivity index (χ1v) is 9.25. The Hall–Kier alpha value is -1.21. The number of carbonyl (C=O) groups is 3. The van der Waals surface area contributed by atoms with Crippen LogP contribution in [0.1, 0.15) is 16.8 Å². The summed E-state index contributed by atoms with van der Waals surface area (Å²) in [7, 11) is 0. The van der Waals surface area contributed by atoms with Crippen LogP contribution in [0, 0.1) is 23.7 Å². The van der Waals surface area contributed by atoms with Crippen LogP contribution in [-0.2, 0) is 9.59 Å². The van der Waals surface area contributed by atoms with Crippen molar-refractivity contribution in [1.82, 2.24) is 0 Å². The molecule has 23 heavy (non-hydrogen) atoms. The maximum atomic E-state index is 12.9. The van der Waals surface area contributed by atoms with Crippen LogP contribution in [0.5, 0.6) is 0 Å². The number of nitrogens with zero attached hydrogens (tertiary/aromatic N) is 1. The molecule has 1 saturated heterocycles. The molecule has 7 heteroatoms. The maximum Gasteiger partial charge on any atom is 0.337 e. The number of benzene rings is 1. The molecular formula is C16H13Br2NO4. The third kappa shape index (κ3) is 1.92. The molecule has 2 aliphatic carbocycles. The highest BCUT2D eigenvalue weighted by molar-refractivity contribution is 9.12. The summed E-state index contributed by atoms with van der Waals surface area (Å²) in [4.78, 5) is 38.6. The van der Waals surface area contributed by atoms with E-state index in [1.54, 1.807) is 12.1 Å². The van der Waals surface area contributed by atoms with Crippen LogP contribution >= 0.6 is 31.9 Å². The number of halogens is 2. The van der Waals surface area contributed by atoms with Crippen LogP contribution in [0.15, 0.2) is 24.3 Å². The third-order valence-corrected chi connectivity index (χ3v) is 8.57. The average molecular weight is 443 g/mol. The SMILES string of the molecule is O=C(O)c1ccccc1N1C(=O)[C@@H]2[C@@H]3C[C@@H]([C@@H](Br)[C@H]3Br)[C@@H]2C1=O. The monoisotopic (exact) mass is 441 g/mol. The van der Waals surface area contributed by atoms with Crippen LogP contribution in [0.4, 0.5) is 5.69 Å². The van der Waals surface area contributed by atoms with E-state index in [1.165, 1.54) is 12.1 Å². The molecule has 0 spiro atoms. The fourth-order valence-corrected chi connectivity index (χ4v) is 6.31. The molecule has 2 bridgehead atoms. The van der Waals surface area contributed by atoms with Gasteiger partial charge in [-0.05, 0) is 30.4 Å². The summed E-state index contributed by atoms with van der Waals surface area (Å²) < 4.78 is 0. The van der Waals surface area contributed by atoms with E-state index in [0.29, 0.717) is 0 Å². The van der Waals surface area contributed by atoms with Crippen molar-refractivity contribution >= 4 is 55.3 Å². The lowest BCUT2D eigenvalue weighted by Crippen LogP contribution is -2.37. The molecule has 2 amide bonds. The summed E-state index contributed by atoms with van der Waals surface area (Å²) in [6, 6.07) is 6.18. The number of anilines is 1. The lowest BCUT2D eigenvalue weighted by Gasteiger charge is -2.28. The normalized spacial score (nSPS) is 38.3. The molecule has 0 aromatic heterocycles. The highest BCUT2D eigenvalue weighted by atomic mass is 79.9. The first-order valence-electron chi connectivity index (χ1n) is 7.41. The summed E-state index contributed by atoms with van der Waals surface area (Å²) >= 11 is 7.27. The predicted molar refractivity (Wildman–Crippen MR) is 89.9 cm³/mol. The van der Waals surface area contributed by atoms with Gasteiger partial charge in [-0.15, -0.1) is 0 Å². The average Bonchev–Trinajstić information content (AvgIpc) is 3.12. The summed E-state index contributed by atoms with van der Waals surface area (Å²) in [5.41, 5.74) is 0.161. The summed E-state index contributed by atoms with van der Waals surface area (Å²) in [6.07, 6.45) is 0.854. The number of hydrogen-bond acceptors (Lipinski definition) is 3. The molecule has 3 aliphatic rings. The highest BCUT2D eigenvalue weighted by Gasteiger charge is 2.66. The van der Waals surface area contributed by atoms with Gasteiger partial charge in [-0.3, -0.25) is 9.59 Å². The van der Waals surface area contributed by atoms with E-state index in [9.17, 15) is 19.5 Å². The van der Waals surface area contributed by atoms with Gasteiger partial charge in [0.25, 0.3) is 0 Å². The van der Waals surface area contributed by atoms with Gasteiger partial charge >= 0.3 is 5.97 Å².